The zero-order chi connectivity index (χ0) is 9.68. The SMILES string of the molecule is CCCN1C(CO)SCC[C@H]1C=O. The molecule has 0 aromatic heterocycles. The predicted molar refractivity (Wildman–Crippen MR) is 54.8 cm³/mol. The Morgan fingerprint density at radius 2 is 2.46 bits per heavy atom. The molecule has 1 unspecified atom stereocenters. The van der Waals surface area contributed by atoms with Gasteiger partial charge in [0.15, 0.2) is 0 Å². The lowest BCUT2D eigenvalue weighted by molar-refractivity contribution is -0.113. The van der Waals surface area contributed by atoms with E-state index in [0.29, 0.717) is 0 Å². The van der Waals surface area contributed by atoms with Crippen molar-refractivity contribution in [3.05, 3.63) is 0 Å². The lowest BCUT2D eigenvalue weighted by Crippen LogP contribution is -2.48. The third kappa shape index (κ3) is 2.69. The molecule has 1 aliphatic rings. The van der Waals surface area contributed by atoms with Gasteiger partial charge in [-0.3, -0.25) is 4.90 Å². The quantitative estimate of drug-likeness (QED) is 0.684. The van der Waals surface area contributed by atoms with Crippen molar-refractivity contribution in [3.63, 3.8) is 0 Å². The Hall–Kier alpha value is -0.0600. The Labute approximate surface area is 83.5 Å². The number of aliphatic hydroxyl groups is 1. The maximum Gasteiger partial charge on any atom is 0.137 e. The maximum atomic E-state index is 10.8. The van der Waals surface area contributed by atoms with Gasteiger partial charge in [-0.25, -0.2) is 0 Å². The van der Waals surface area contributed by atoms with Crippen LogP contribution in [-0.4, -0.2) is 46.6 Å². The van der Waals surface area contributed by atoms with Crippen LogP contribution in [0.1, 0.15) is 19.8 Å². The normalized spacial score (nSPS) is 30.3. The fourth-order valence-electron chi connectivity index (χ4n) is 1.67. The second-order valence-corrected chi connectivity index (χ2v) is 4.52. The molecule has 1 aliphatic heterocycles. The number of nitrogens with zero attached hydrogens (tertiary/aromatic N) is 1. The van der Waals surface area contributed by atoms with Gasteiger partial charge in [0.2, 0.25) is 0 Å². The van der Waals surface area contributed by atoms with Crippen molar-refractivity contribution in [3.8, 4) is 0 Å². The van der Waals surface area contributed by atoms with Crippen LogP contribution in [0, 0.1) is 0 Å². The van der Waals surface area contributed by atoms with Crippen LogP contribution in [0.3, 0.4) is 0 Å². The monoisotopic (exact) mass is 203 g/mol. The molecule has 76 valence electrons. The predicted octanol–water partition coefficient (Wildman–Crippen LogP) is 0.721. The van der Waals surface area contributed by atoms with E-state index in [4.69, 9.17) is 5.11 Å². The van der Waals surface area contributed by atoms with Gasteiger partial charge < -0.3 is 9.90 Å². The van der Waals surface area contributed by atoms with Crippen LogP contribution in [0.5, 0.6) is 0 Å². The number of thioether (sulfide) groups is 1. The topological polar surface area (TPSA) is 40.5 Å². The summed E-state index contributed by atoms with van der Waals surface area (Å²) < 4.78 is 0. The van der Waals surface area contributed by atoms with Crippen LogP contribution in [0.15, 0.2) is 0 Å². The number of hydrogen-bond donors (Lipinski definition) is 1. The molecule has 1 heterocycles. The summed E-state index contributed by atoms with van der Waals surface area (Å²) in [6, 6.07) is 0.0262. The summed E-state index contributed by atoms with van der Waals surface area (Å²) in [4.78, 5) is 12.9. The van der Waals surface area contributed by atoms with Gasteiger partial charge in [0, 0.05) is 0 Å². The Kier molecular flexibility index (Phi) is 4.77. The Morgan fingerprint density at radius 3 is 3.00 bits per heavy atom. The van der Waals surface area contributed by atoms with Crippen LogP contribution in [0.2, 0.25) is 0 Å². The van der Waals surface area contributed by atoms with Crippen molar-refractivity contribution in [2.45, 2.75) is 31.2 Å². The smallest absolute Gasteiger partial charge is 0.137 e. The van der Waals surface area contributed by atoms with Gasteiger partial charge in [-0.1, -0.05) is 6.92 Å². The molecular formula is C9H17NO2S. The number of carbonyl (C=O) groups excluding carboxylic acids is 1. The Bertz CT molecular complexity index is 166. The lowest BCUT2D eigenvalue weighted by atomic mass is 10.2. The van der Waals surface area contributed by atoms with Gasteiger partial charge in [-0.05, 0) is 25.1 Å². The van der Waals surface area contributed by atoms with Gasteiger partial charge in [-0.2, -0.15) is 0 Å². The van der Waals surface area contributed by atoms with E-state index in [1.54, 1.807) is 11.8 Å². The third-order valence-electron chi connectivity index (χ3n) is 2.31. The van der Waals surface area contributed by atoms with Gasteiger partial charge >= 0.3 is 0 Å². The molecule has 0 aliphatic carbocycles. The first-order chi connectivity index (χ1) is 6.33. The number of hydrogen-bond acceptors (Lipinski definition) is 4. The van der Waals surface area contributed by atoms with Crippen LogP contribution >= 0.6 is 11.8 Å². The van der Waals surface area contributed by atoms with E-state index in [-0.39, 0.29) is 18.0 Å². The molecule has 0 bridgehead atoms. The highest BCUT2D eigenvalue weighted by atomic mass is 32.2. The van der Waals surface area contributed by atoms with Gasteiger partial charge in [-0.15, -0.1) is 11.8 Å². The van der Waals surface area contributed by atoms with E-state index in [0.717, 1.165) is 31.4 Å². The first kappa shape index (κ1) is 11.0. The molecule has 0 aromatic rings. The molecule has 1 saturated heterocycles. The largest absolute Gasteiger partial charge is 0.394 e. The third-order valence-corrected chi connectivity index (χ3v) is 3.59. The molecule has 3 nitrogen and oxygen atoms in total. The van der Waals surface area contributed by atoms with E-state index in [9.17, 15) is 4.79 Å². The zero-order valence-corrected chi connectivity index (χ0v) is 8.80. The summed E-state index contributed by atoms with van der Waals surface area (Å²) in [5.74, 6) is 0.981. The molecule has 13 heavy (non-hydrogen) atoms. The summed E-state index contributed by atoms with van der Waals surface area (Å²) in [6.07, 6.45) is 2.96. The summed E-state index contributed by atoms with van der Waals surface area (Å²) in [5.41, 5.74) is 0. The first-order valence-corrected chi connectivity index (χ1v) is 5.81. The van der Waals surface area contributed by atoms with Crippen molar-refractivity contribution >= 4 is 18.0 Å². The average Bonchev–Trinajstić information content (AvgIpc) is 2.18. The average molecular weight is 203 g/mol. The number of aliphatic hydroxyl groups excluding tert-OH is 1. The fraction of sp³-hybridized carbons (Fsp3) is 0.889. The van der Waals surface area contributed by atoms with Crippen LogP contribution in [0.4, 0.5) is 0 Å². The Balaban J connectivity index is 2.58. The number of aldehydes is 1. The minimum Gasteiger partial charge on any atom is -0.394 e. The van der Waals surface area contributed by atoms with E-state index in [2.05, 4.69) is 11.8 Å². The van der Waals surface area contributed by atoms with E-state index in [1.807, 2.05) is 0 Å². The number of rotatable bonds is 4. The van der Waals surface area contributed by atoms with Gasteiger partial charge in [0.05, 0.1) is 18.0 Å². The summed E-state index contributed by atoms with van der Waals surface area (Å²) in [6.45, 7) is 3.15. The van der Waals surface area contributed by atoms with Crippen molar-refractivity contribution in [2.24, 2.45) is 0 Å². The second kappa shape index (κ2) is 5.62. The summed E-state index contributed by atoms with van der Waals surface area (Å²) in [5, 5.41) is 9.25. The molecule has 0 spiro atoms. The number of carbonyl (C=O) groups is 1. The van der Waals surface area contributed by atoms with Crippen LogP contribution < -0.4 is 0 Å². The van der Waals surface area contributed by atoms with Crippen molar-refractivity contribution in [1.29, 1.82) is 0 Å². The second-order valence-electron chi connectivity index (χ2n) is 3.24. The maximum absolute atomic E-state index is 10.8. The van der Waals surface area contributed by atoms with Crippen molar-refractivity contribution in [1.82, 2.24) is 4.90 Å². The Morgan fingerprint density at radius 1 is 1.69 bits per heavy atom. The lowest BCUT2D eigenvalue weighted by Gasteiger charge is -2.38. The van der Waals surface area contributed by atoms with Crippen LogP contribution in [-0.2, 0) is 4.79 Å². The van der Waals surface area contributed by atoms with Gasteiger partial charge in [0.1, 0.15) is 6.29 Å². The molecule has 1 rings (SSSR count). The van der Waals surface area contributed by atoms with Gasteiger partial charge in [0.25, 0.3) is 0 Å². The molecule has 4 heteroatoms. The van der Waals surface area contributed by atoms with Crippen molar-refractivity contribution in [2.75, 3.05) is 18.9 Å². The van der Waals surface area contributed by atoms with E-state index >= 15 is 0 Å². The van der Waals surface area contributed by atoms with Crippen molar-refractivity contribution < 1.29 is 9.90 Å². The van der Waals surface area contributed by atoms with Crippen LogP contribution in [0.25, 0.3) is 0 Å². The summed E-state index contributed by atoms with van der Waals surface area (Å²) in [7, 11) is 0. The molecule has 1 N–H and O–H groups in total. The first-order valence-electron chi connectivity index (χ1n) is 4.77. The zero-order valence-electron chi connectivity index (χ0n) is 7.98. The molecule has 0 radical (unpaired) electrons. The summed E-state index contributed by atoms with van der Waals surface area (Å²) >= 11 is 1.75. The van der Waals surface area contributed by atoms with E-state index < -0.39 is 0 Å². The molecule has 1 fully saturated rings. The molecule has 0 amide bonds. The minimum atomic E-state index is 0.0262. The highest BCUT2D eigenvalue weighted by Crippen LogP contribution is 2.26. The standard InChI is InChI=1S/C9H17NO2S/c1-2-4-10-8(6-11)3-5-13-9(10)7-12/h6,8-9,12H,2-5,7H2,1H3/t8-,9?/m0/s1. The highest BCUT2D eigenvalue weighted by molar-refractivity contribution is 7.99. The van der Waals surface area contributed by atoms with E-state index in [1.165, 1.54) is 0 Å². The molecule has 2 atom stereocenters. The minimum absolute atomic E-state index is 0.0262. The fourth-order valence-corrected chi connectivity index (χ4v) is 2.88. The molecule has 0 saturated carbocycles. The molecular weight excluding hydrogens is 186 g/mol. The highest BCUT2D eigenvalue weighted by Gasteiger charge is 2.29. The molecule has 0 aromatic carbocycles.